The van der Waals surface area contributed by atoms with E-state index in [0.717, 1.165) is 11.9 Å². The van der Waals surface area contributed by atoms with E-state index < -0.39 is 29.9 Å². The standard InChI is InChI=1S/C24H30Cl2N6O4/c1-5-6-7-18(21(33)22(34)30-20-8-9-28-31-20)36-23(35)29-19(24(2,3)4)12-32-13-27-16-10-14(25)15(26)11-17(16)32/h8-11,13,18-19H,5-7,12H2,1-4H3,(H,29,35)(H2,28,30,31,34)/t18-,19+/m0/s1. The highest BCUT2D eigenvalue weighted by molar-refractivity contribution is 6.43. The number of carbonyl (C=O) groups is 3. The normalized spacial score (nSPS) is 13.3. The summed E-state index contributed by atoms with van der Waals surface area (Å²) >= 11 is 12.3. The Bertz CT molecular complexity index is 1220. The minimum Gasteiger partial charge on any atom is -0.438 e. The number of nitrogens with zero attached hydrogens (tertiary/aromatic N) is 3. The Morgan fingerprint density at radius 3 is 2.56 bits per heavy atom. The van der Waals surface area contributed by atoms with E-state index in [1.165, 1.54) is 12.3 Å². The van der Waals surface area contributed by atoms with Gasteiger partial charge < -0.3 is 19.9 Å². The van der Waals surface area contributed by atoms with Gasteiger partial charge in [0.05, 0.1) is 39.6 Å². The number of H-pyrrole nitrogens is 1. The number of aromatic amines is 1. The van der Waals surface area contributed by atoms with Gasteiger partial charge in [-0.3, -0.25) is 14.7 Å². The highest BCUT2D eigenvalue weighted by Crippen LogP contribution is 2.29. The summed E-state index contributed by atoms with van der Waals surface area (Å²) < 4.78 is 7.34. The molecule has 3 N–H and O–H groups in total. The number of ketones is 1. The number of aromatic nitrogens is 4. The first kappa shape index (κ1) is 27.5. The Balaban J connectivity index is 1.73. The van der Waals surface area contributed by atoms with Crippen LogP contribution in [0.4, 0.5) is 10.6 Å². The summed E-state index contributed by atoms with van der Waals surface area (Å²) in [6.07, 6.45) is 2.68. The van der Waals surface area contributed by atoms with Crippen molar-refractivity contribution in [3.05, 3.63) is 40.8 Å². The topological polar surface area (TPSA) is 131 Å². The molecule has 0 bridgehead atoms. The Labute approximate surface area is 219 Å². The lowest BCUT2D eigenvalue weighted by Gasteiger charge is -2.32. The Morgan fingerprint density at radius 2 is 1.92 bits per heavy atom. The number of anilines is 1. The van der Waals surface area contributed by atoms with Crippen LogP contribution in [0.2, 0.25) is 10.0 Å². The van der Waals surface area contributed by atoms with Gasteiger partial charge in [0.1, 0.15) is 5.82 Å². The zero-order chi connectivity index (χ0) is 26.5. The van der Waals surface area contributed by atoms with E-state index in [4.69, 9.17) is 27.9 Å². The summed E-state index contributed by atoms with van der Waals surface area (Å²) in [5.41, 5.74) is 1.06. The fraction of sp³-hybridized carbons (Fsp3) is 0.458. The zero-order valence-electron chi connectivity index (χ0n) is 20.6. The highest BCUT2D eigenvalue weighted by Gasteiger charge is 2.32. The molecule has 0 aliphatic carbocycles. The third-order valence-corrected chi connectivity index (χ3v) is 6.44. The number of nitrogens with one attached hydrogen (secondary N) is 3. The van der Waals surface area contributed by atoms with Gasteiger partial charge in [0, 0.05) is 12.6 Å². The number of benzene rings is 1. The van der Waals surface area contributed by atoms with Crippen LogP contribution in [0.25, 0.3) is 11.0 Å². The fourth-order valence-electron chi connectivity index (χ4n) is 3.53. The molecule has 2 atom stereocenters. The van der Waals surface area contributed by atoms with Gasteiger partial charge in [0.25, 0.3) is 11.7 Å². The maximum atomic E-state index is 12.9. The van der Waals surface area contributed by atoms with E-state index in [2.05, 4.69) is 25.8 Å². The van der Waals surface area contributed by atoms with Crippen LogP contribution in [-0.4, -0.2) is 49.7 Å². The lowest BCUT2D eigenvalue weighted by molar-refractivity contribution is -0.140. The summed E-state index contributed by atoms with van der Waals surface area (Å²) in [5.74, 6) is -1.46. The lowest BCUT2D eigenvalue weighted by Crippen LogP contribution is -2.48. The van der Waals surface area contributed by atoms with Gasteiger partial charge in [-0.2, -0.15) is 5.10 Å². The van der Waals surface area contributed by atoms with Gasteiger partial charge in [0.15, 0.2) is 6.10 Å². The van der Waals surface area contributed by atoms with Crippen LogP contribution >= 0.6 is 23.2 Å². The zero-order valence-corrected chi connectivity index (χ0v) is 22.1. The van der Waals surface area contributed by atoms with Crippen LogP contribution in [0.5, 0.6) is 0 Å². The molecule has 36 heavy (non-hydrogen) atoms. The van der Waals surface area contributed by atoms with Gasteiger partial charge in [-0.25, -0.2) is 9.78 Å². The lowest BCUT2D eigenvalue weighted by atomic mass is 9.86. The molecule has 10 nitrogen and oxygen atoms in total. The number of hydrogen-bond acceptors (Lipinski definition) is 6. The summed E-state index contributed by atoms with van der Waals surface area (Å²) in [6.45, 7) is 8.22. The van der Waals surface area contributed by atoms with Crippen molar-refractivity contribution in [3.63, 3.8) is 0 Å². The molecule has 0 spiro atoms. The maximum Gasteiger partial charge on any atom is 0.408 e. The minimum atomic E-state index is -1.22. The number of Topliss-reactive ketones (excluding diaryl/α,β-unsaturated/α-hetero) is 1. The number of hydrogen-bond donors (Lipinski definition) is 3. The molecular weight excluding hydrogens is 507 g/mol. The van der Waals surface area contributed by atoms with E-state index in [-0.39, 0.29) is 17.7 Å². The summed E-state index contributed by atoms with van der Waals surface area (Å²) in [5, 5.41) is 12.4. The van der Waals surface area contributed by atoms with E-state index in [0.29, 0.717) is 28.5 Å². The molecular formula is C24H30Cl2N6O4. The van der Waals surface area contributed by atoms with Gasteiger partial charge in [-0.05, 0) is 30.4 Å². The number of unbranched alkanes of at least 4 members (excludes halogenated alkanes) is 1. The van der Waals surface area contributed by atoms with Gasteiger partial charge in [0.2, 0.25) is 0 Å². The van der Waals surface area contributed by atoms with E-state index in [1.54, 1.807) is 18.5 Å². The molecule has 0 saturated carbocycles. The predicted molar refractivity (Wildman–Crippen MR) is 138 cm³/mol. The van der Waals surface area contributed by atoms with Crippen LogP contribution in [0.1, 0.15) is 47.0 Å². The fourth-order valence-corrected chi connectivity index (χ4v) is 3.84. The first-order valence-corrected chi connectivity index (χ1v) is 12.4. The molecule has 2 aromatic heterocycles. The molecule has 0 fully saturated rings. The average Bonchev–Trinajstić information content (AvgIpc) is 3.45. The van der Waals surface area contributed by atoms with Crippen molar-refractivity contribution in [2.75, 3.05) is 5.32 Å². The van der Waals surface area contributed by atoms with Crippen LogP contribution < -0.4 is 10.6 Å². The van der Waals surface area contributed by atoms with E-state index in [9.17, 15) is 14.4 Å². The second-order valence-corrected chi connectivity index (χ2v) is 10.4. The molecule has 0 aliphatic rings. The van der Waals surface area contributed by atoms with Gasteiger partial charge in [-0.15, -0.1) is 0 Å². The smallest absolute Gasteiger partial charge is 0.408 e. The average molecular weight is 537 g/mol. The second kappa shape index (κ2) is 11.7. The third kappa shape index (κ3) is 6.98. The number of carbonyl (C=O) groups excluding carboxylic acids is 3. The largest absolute Gasteiger partial charge is 0.438 e. The number of amides is 2. The van der Waals surface area contributed by atoms with Crippen molar-refractivity contribution in [2.45, 2.75) is 65.6 Å². The van der Waals surface area contributed by atoms with Crippen LogP contribution in [0.15, 0.2) is 30.7 Å². The van der Waals surface area contributed by atoms with Crippen LogP contribution in [-0.2, 0) is 20.9 Å². The number of halogens is 2. The molecule has 0 saturated heterocycles. The van der Waals surface area contributed by atoms with Crippen molar-refractivity contribution >= 4 is 57.8 Å². The minimum absolute atomic E-state index is 0.227. The first-order valence-electron chi connectivity index (χ1n) is 11.6. The number of imidazole rings is 1. The first-order chi connectivity index (χ1) is 17.0. The number of rotatable bonds is 10. The van der Waals surface area contributed by atoms with Crippen molar-refractivity contribution in [1.29, 1.82) is 0 Å². The van der Waals surface area contributed by atoms with Crippen molar-refractivity contribution in [1.82, 2.24) is 25.1 Å². The molecule has 0 aliphatic heterocycles. The summed E-state index contributed by atoms with van der Waals surface area (Å²) in [6, 6.07) is 4.51. The second-order valence-electron chi connectivity index (χ2n) is 9.54. The molecule has 2 amide bonds. The molecule has 0 unspecified atom stereocenters. The van der Waals surface area contributed by atoms with Gasteiger partial charge >= 0.3 is 6.09 Å². The number of fused-ring (bicyclic) bond motifs is 1. The van der Waals surface area contributed by atoms with Crippen molar-refractivity contribution in [3.8, 4) is 0 Å². The monoisotopic (exact) mass is 536 g/mol. The molecule has 2 heterocycles. The number of alkyl carbamates (subject to hydrolysis) is 1. The Morgan fingerprint density at radius 1 is 1.19 bits per heavy atom. The highest BCUT2D eigenvalue weighted by atomic mass is 35.5. The van der Waals surface area contributed by atoms with Gasteiger partial charge in [-0.1, -0.05) is 57.3 Å². The van der Waals surface area contributed by atoms with E-state index >= 15 is 0 Å². The third-order valence-electron chi connectivity index (χ3n) is 5.71. The molecule has 3 aromatic rings. The predicted octanol–water partition coefficient (Wildman–Crippen LogP) is 4.97. The van der Waals surface area contributed by atoms with Crippen LogP contribution in [0.3, 0.4) is 0 Å². The summed E-state index contributed by atoms with van der Waals surface area (Å²) in [7, 11) is 0. The Kier molecular flexibility index (Phi) is 8.97. The van der Waals surface area contributed by atoms with Crippen molar-refractivity contribution in [2.24, 2.45) is 5.41 Å². The molecule has 12 heteroatoms. The molecule has 3 rings (SSSR count). The van der Waals surface area contributed by atoms with Crippen molar-refractivity contribution < 1.29 is 19.1 Å². The van der Waals surface area contributed by atoms with E-state index in [1.807, 2.05) is 32.3 Å². The summed E-state index contributed by atoms with van der Waals surface area (Å²) in [4.78, 5) is 42.5. The molecule has 0 radical (unpaired) electrons. The number of ether oxygens (including phenoxy) is 1. The molecule has 194 valence electrons. The Hall–Kier alpha value is -3.11. The maximum absolute atomic E-state index is 12.9. The quantitative estimate of drug-likeness (QED) is 0.313. The SMILES string of the molecule is CCCC[C@H](OC(=O)N[C@H](Cn1cnc2cc(Cl)c(Cl)cc21)C(C)(C)C)C(=O)C(=O)Nc1ccn[nH]1. The van der Waals surface area contributed by atoms with Crippen LogP contribution in [0, 0.1) is 5.41 Å². The molecule has 1 aromatic carbocycles.